The number of hydrogen-bond acceptors (Lipinski definition) is 2. The minimum Gasteiger partial charge on any atom is -0.456 e. The summed E-state index contributed by atoms with van der Waals surface area (Å²) in [6.07, 6.45) is 1.95. The lowest BCUT2D eigenvalue weighted by Gasteiger charge is -2.08. The van der Waals surface area contributed by atoms with Crippen LogP contribution in [0.2, 0.25) is 0 Å². The molecule has 7 aromatic rings. The summed E-state index contributed by atoms with van der Waals surface area (Å²) >= 11 is 0. The molecule has 30 heavy (non-hydrogen) atoms. The number of fused-ring (bicyclic) bond motifs is 3. The molecule has 3 heterocycles. The monoisotopic (exact) mass is 384 g/mol. The van der Waals surface area contributed by atoms with E-state index < -0.39 is 0 Å². The van der Waals surface area contributed by atoms with Crippen molar-refractivity contribution in [2.45, 2.75) is 0 Å². The van der Waals surface area contributed by atoms with E-state index in [1.54, 1.807) is 0 Å². The molecule has 0 N–H and O–H groups in total. The summed E-state index contributed by atoms with van der Waals surface area (Å²) in [7, 11) is 0. The average Bonchev–Trinajstić information content (AvgIpc) is 3.06. The fourth-order valence-corrected chi connectivity index (χ4v) is 4.72. The molecule has 3 nitrogen and oxygen atoms in total. The summed E-state index contributed by atoms with van der Waals surface area (Å²) in [5.41, 5.74) is 4.02. The Bertz CT molecular complexity index is 1750. The van der Waals surface area contributed by atoms with Crippen molar-refractivity contribution in [2.75, 3.05) is 0 Å². The second kappa shape index (κ2) is 5.71. The molecule has 4 aromatic carbocycles. The van der Waals surface area contributed by atoms with Gasteiger partial charge < -0.3 is 4.42 Å². The molecule has 0 amide bonds. The maximum Gasteiger partial charge on any atom is 0.138 e. The van der Waals surface area contributed by atoms with Crippen molar-refractivity contribution >= 4 is 54.5 Å². The highest BCUT2D eigenvalue weighted by Crippen LogP contribution is 2.40. The third-order valence-electron chi connectivity index (χ3n) is 6.02. The molecule has 3 heteroatoms. The Kier molecular flexibility index (Phi) is 3.00. The van der Waals surface area contributed by atoms with Crippen LogP contribution in [0.25, 0.3) is 60.3 Å². The molecule has 0 unspecified atom stereocenters. The van der Waals surface area contributed by atoms with Crippen LogP contribution in [0.5, 0.6) is 0 Å². The molecule has 140 valence electrons. The van der Waals surface area contributed by atoms with Gasteiger partial charge in [-0.15, -0.1) is 0 Å². The summed E-state index contributed by atoms with van der Waals surface area (Å²) < 4.78 is 8.66. The number of hydrogen-bond donors (Lipinski definition) is 0. The van der Waals surface area contributed by atoms with Crippen molar-refractivity contribution in [2.24, 2.45) is 0 Å². The summed E-state index contributed by atoms with van der Waals surface area (Å²) in [6, 6.07) is 31.5. The maximum atomic E-state index is 6.41. The van der Waals surface area contributed by atoms with E-state index in [4.69, 9.17) is 9.40 Å². The van der Waals surface area contributed by atoms with E-state index >= 15 is 0 Å². The van der Waals surface area contributed by atoms with Crippen LogP contribution in [0.3, 0.4) is 0 Å². The summed E-state index contributed by atoms with van der Waals surface area (Å²) in [4.78, 5) is 4.82. The topological polar surface area (TPSA) is 31.0 Å². The van der Waals surface area contributed by atoms with Gasteiger partial charge in [0.2, 0.25) is 0 Å². The normalized spacial score (nSPS) is 12.0. The third kappa shape index (κ3) is 2.01. The maximum absolute atomic E-state index is 6.41. The average molecular weight is 384 g/mol. The van der Waals surface area contributed by atoms with Crippen LogP contribution < -0.4 is 0 Å². The zero-order valence-electron chi connectivity index (χ0n) is 16.0. The molecule has 0 aliphatic carbocycles. The Morgan fingerprint density at radius 3 is 2.23 bits per heavy atom. The largest absolute Gasteiger partial charge is 0.456 e. The van der Waals surface area contributed by atoms with Crippen molar-refractivity contribution < 1.29 is 4.42 Å². The highest BCUT2D eigenvalue weighted by atomic mass is 16.3. The zero-order chi connectivity index (χ0) is 19.7. The minimum absolute atomic E-state index is 0.884. The van der Waals surface area contributed by atoms with Crippen LogP contribution in [0.15, 0.2) is 102 Å². The van der Waals surface area contributed by atoms with Crippen molar-refractivity contribution in [3.63, 3.8) is 0 Å². The van der Waals surface area contributed by atoms with Crippen molar-refractivity contribution in [3.8, 4) is 5.82 Å². The first kappa shape index (κ1) is 15.8. The molecule has 0 spiro atoms. The fraction of sp³-hybridized carbons (Fsp3) is 0. The molecule has 7 rings (SSSR count). The van der Waals surface area contributed by atoms with Gasteiger partial charge in [0.1, 0.15) is 17.0 Å². The van der Waals surface area contributed by atoms with E-state index in [0.717, 1.165) is 44.2 Å². The number of pyridine rings is 1. The number of benzene rings is 4. The predicted octanol–water partition coefficient (Wildman–Crippen LogP) is 7.23. The number of nitrogens with zero attached hydrogens (tertiary/aromatic N) is 2. The SMILES string of the molecule is c1ccc2cc(-n3c4cccc5oc6ccccc6c6cccc3c6c54)ncc2c1. The third-order valence-corrected chi connectivity index (χ3v) is 6.02. The summed E-state index contributed by atoms with van der Waals surface area (Å²) in [6.45, 7) is 0. The van der Waals surface area contributed by atoms with Gasteiger partial charge in [-0.3, -0.25) is 4.57 Å². The van der Waals surface area contributed by atoms with Crippen LogP contribution in [-0.4, -0.2) is 9.55 Å². The van der Waals surface area contributed by atoms with Gasteiger partial charge in [0, 0.05) is 22.4 Å². The Morgan fingerprint density at radius 1 is 0.600 bits per heavy atom. The van der Waals surface area contributed by atoms with E-state index in [-0.39, 0.29) is 0 Å². The van der Waals surface area contributed by atoms with Gasteiger partial charge >= 0.3 is 0 Å². The lowest BCUT2D eigenvalue weighted by atomic mass is 10.1. The van der Waals surface area contributed by atoms with Gasteiger partial charge in [-0.1, -0.05) is 60.7 Å². The zero-order valence-corrected chi connectivity index (χ0v) is 16.0. The molecular formula is C27H16N2O. The van der Waals surface area contributed by atoms with Crippen LogP contribution >= 0.6 is 0 Å². The second-order valence-electron chi connectivity index (χ2n) is 7.67. The number of aromatic nitrogens is 2. The van der Waals surface area contributed by atoms with E-state index in [1.165, 1.54) is 16.2 Å². The Balaban J connectivity index is 1.74. The van der Waals surface area contributed by atoms with Gasteiger partial charge in [0.15, 0.2) is 0 Å². The predicted molar refractivity (Wildman–Crippen MR) is 123 cm³/mol. The lowest BCUT2D eigenvalue weighted by molar-refractivity contribution is 0.664. The molecule has 0 saturated carbocycles. The molecule has 0 bridgehead atoms. The van der Waals surface area contributed by atoms with Gasteiger partial charge in [-0.2, -0.15) is 0 Å². The smallest absolute Gasteiger partial charge is 0.138 e. The number of rotatable bonds is 1. The molecule has 0 aliphatic heterocycles. The van der Waals surface area contributed by atoms with E-state index in [9.17, 15) is 0 Å². The van der Waals surface area contributed by atoms with Crippen LogP contribution in [-0.2, 0) is 0 Å². The molecule has 0 saturated heterocycles. The quantitative estimate of drug-likeness (QED) is 0.299. The van der Waals surface area contributed by atoms with E-state index in [2.05, 4.69) is 77.4 Å². The first-order valence-electron chi connectivity index (χ1n) is 10.1. The summed E-state index contributed by atoms with van der Waals surface area (Å²) in [5.74, 6) is 0.914. The van der Waals surface area contributed by atoms with Crippen molar-refractivity contribution in [1.82, 2.24) is 9.55 Å². The van der Waals surface area contributed by atoms with Gasteiger partial charge in [-0.05, 0) is 41.1 Å². The molecular weight excluding hydrogens is 368 g/mol. The molecule has 0 atom stereocenters. The van der Waals surface area contributed by atoms with Crippen LogP contribution in [0.4, 0.5) is 0 Å². The van der Waals surface area contributed by atoms with Crippen molar-refractivity contribution in [1.29, 1.82) is 0 Å². The fourth-order valence-electron chi connectivity index (χ4n) is 4.72. The molecule has 0 fully saturated rings. The molecule has 3 aromatic heterocycles. The first-order chi connectivity index (χ1) is 14.9. The highest BCUT2D eigenvalue weighted by molar-refractivity contribution is 6.26. The lowest BCUT2D eigenvalue weighted by Crippen LogP contribution is -1.97. The minimum atomic E-state index is 0.884. The summed E-state index contributed by atoms with van der Waals surface area (Å²) in [5, 5.41) is 6.97. The Hall–Kier alpha value is -4.11. The van der Waals surface area contributed by atoms with Gasteiger partial charge in [0.25, 0.3) is 0 Å². The van der Waals surface area contributed by atoms with Crippen molar-refractivity contribution in [3.05, 3.63) is 97.2 Å². The molecule has 0 radical (unpaired) electrons. The van der Waals surface area contributed by atoms with E-state index in [0.29, 0.717) is 0 Å². The Labute approximate surface area is 171 Å². The standard InChI is InChI=1S/C27H16N2O/c1-2-8-18-16-28-25(15-17(18)7-1)29-21-11-5-10-20-19-9-3-4-13-23(19)30-24-14-6-12-22(29)27(24)26(20)21/h1-16H. The highest BCUT2D eigenvalue weighted by Gasteiger charge is 2.18. The van der Waals surface area contributed by atoms with Crippen LogP contribution in [0.1, 0.15) is 0 Å². The van der Waals surface area contributed by atoms with Crippen LogP contribution in [0, 0.1) is 0 Å². The first-order valence-corrected chi connectivity index (χ1v) is 10.1. The van der Waals surface area contributed by atoms with Gasteiger partial charge in [0.05, 0.1) is 16.4 Å². The van der Waals surface area contributed by atoms with Gasteiger partial charge in [-0.25, -0.2) is 4.98 Å². The number of para-hydroxylation sites is 1. The Morgan fingerprint density at radius 2 is 1.30 bits per heavy atom. The van der Waals surface area contributed by atoms with E-state index in [1.807, 2.05) is 24.4 Å². The molecule has 0 aliphatic rings. The second-order valence-corrected chi connectivity index (χ2v) is 7.67.